The van der Waals surface area contributed by atoms with Crippen LogP contribution in [0.15, 0.2) is 65.1 Å². The number of anilines is 2. The standard InChI is InChI=1S/C20H15N3O4S/c1-26-19-10-15-14-4-2-3-5-17(14)27-18(15)11-16(19)22-20(28)21-12-6-8-13(9-7-12)23(24)25/h2-11H,1H3,(H2,21,22,28). The summed E-state index contributed by atoms with van der Waals surface area (Å²) in [5.74, 6) is 0.618. The summed E-state index contributed by atoms with van der Waals surface area (Å²) in [6.45, 7) is 0. The topological polar surface area (TPSA) is 89.6 Å². The summed E-state index contributed by atoms with van der Waals surface area (Å²) < 4.78 is 11.4. The third-order valence-electron chi connectivity index (χ3n) is 4.28. The van der Waals surface area contributed by atoms with E-state index in [2.05, 4.69) is 10.6 Å². The van der Waals surface area contributed by atoms with Crippen molar-refractivity contribution in [2.45, 2.75) is 0 Å². The average Bonchev–Trinajstić information content (AvgIpc) is 3.05. The molecule has 0 radical (unpaired) electrons. The van der Waals surface area contributed by atoms with Crippen molar-refractivity contribution in [2.75, 3.05) is 17.7 Å². The first-order valence-corrected chi connectivity index (χ1v) is 8.78. The third-order valence-corrected chi connectivity index (χ3v) is 4.49. The Kier molecular flexibility index (Phi) is 4.54. The van der Waals surface area contributed by atoms with Crippen molar-refractivity contribution in [3.8, 4) is 5.75 Å². The van der Waals surface area contributed by atoms with E-state index in [0.29, 0.717) is 27.8 Å². The van der Waals surface area contributed by atoms with Crippen molar-refractivity contribution in [3.05, 3.63) is 70.8 Å². The molecule has 8 heteroatoms. The van der Waals surface area contributed by atoms with Crippen LogP contribution in [0, 0.1) is 10.1 Å². The molecule has 0 fully saturated rings. The van der Waals surface area contributed by atoms with Crippen molar-refractivity contribution in [1.82, 2.24) is 0 Å². The summed E-state index contributed by atoms with van der Waals surface area (Å²) in [7, 11) is 1.58. The first-order chi connectivity index (χ1) is 13.5. The van der Waals surface area contributed by atoms with Crippen LogP contribution < -0.4 is 15.4 Å². The molecule has 1 aromatic heterocycles. The fraction of sp³-hybridized carbons (Fsp3) is 0.0500. The van der Waals surface area contributed by atoms with Gasteiger partial charge in [-0.3, -0.25) is 10.1 Å². The molecule has 28 heavy (non-hydrogen) atoms. The highest BCUT2D eigenvalue weighted by atomic mass is 32.1. The lowest BCUT2D eigenvalue weighted by atomic mass is 10.1. The Morgan fingerprint density at radius 1 is 1.04 bits per heavy atom. The van der Waals surface area contributed by atoms with Crippen molar-refractivity contribution in [2.24, 2.45) is 0 Å². The zero-order valence-corrected chi connectivity index (χ0v) is 15.6. The predicted molar refractivity (Wildman–Crippen MR) is 113 cm³/mol. The van der Waals surface area contributed by atoms with Crippen LogP contribution in [-0.4, -0.2) is 17.1 Å². The van der Waals surface area contributed by atoms with Gasteiger partial charge in [-0.25, -0.2) is 0 Å². The molecule has 0 unspecified atom stereocenters. The largest absolute Gasteiger partial charge is 0.495 e. The van der Waals surface area contributed by atoms with Crippen molar-refractivity contribution in [3.63, 3.8) is 0 Å². The van der Waals surface area contributed by atoms with Gasteiger partial charge in [0.25, 0.3) is 5.69 Å². The highest BCUT2D eigenvalue weighted by molar-refractivity contribution is 7.80. The lowest BCUT2D eigenvalue weighted by molar-refractivity contribution is -0.384. The van der Waals surface area contributed by atoms with Crippen LogP contribution >= 0.6 is 12.2 Å². The molecular weight excluding hydrogens is 378 g/mol. The van der Waals surface area contributed by atoms with Gasteiger partial charge >= 0.3 is 0 Å². The number of furan rings is 1. The molecule has 0 saturated heterocycles. The molecule has 0 aliphatic carbocycles. The van der Waals surface area contributed by atoms with Crippen molar-refractivity contribution < 1.29 is 14.1 Å². The number of thiocarbonyl (C=S) groups is 1. The van der Waals surface area contributed by atoms with Gasteiger partial charge in [0.05, 0.1) is 17.7 Å². The Labute approximate surface area is 165 Å². The van der Waals surface area contributed by atoms with E-state index in [1.807, 2.05) is 36.4 Å². The number of fused-ring (bicyclic) bond motifs is 3. The third kappa shape index (κ3) is 3.33. The number of hydrogen-bond donors (Lipinski definition) is 2. The summed E-state index contributed by atoms with van der Waals surface area (Å²) in [6, 6.07) is 17.5. The number of methoxy groups -OCH3 is 1. The van der Waals surface area contributed by atoms with Gasteiger partial charge in [-0.15, -0.1) is 0 Å². The van der Waals surface area contributed by atoms with Crippen molar-refractivity contribution >= 4 is 56.3 Å². The maximum absolute atomic E-state index is 10.7. The zero-order chi connectivity index (χ0) is 19.7. The Bertz CT molecular complexity index is 1200. The van der Waals surface area contributed by atoms with Gasteiger partial charge in [0.15, 0.2) is 5.11 Å². The maximum atomic E-state index is 10.7. The summed E-state index contributed by atoms with van der Waals surface area (Å²) in [4.78, 5) is 10.3. The minimum Gasteiger partial charge on any atom is -0.495 e. The summed E-state index contributed by atoms with van der Waals surface area (Å²) >= 11 is 5.35. The molecule has 7 nitrogen and oxygen atoms in total. The highest BCUT2D eigenvalue weighted by Gasteiger charge is 2.13. The van der Waals surface area contributed by atoms with Gasteiger partial charge < -0.3 is 19.8 Å². The SMILES string of the molecule is COc1cc2c(cc1NC(=S)Nc1ccc([N+](=O)[O-])cc1)oc1ccccc12. The van der Waals surface area contributed by atoms with Gasteiger partial charge in [0, 0.05) is 34.7 Å². The van der Waals surface area contributed by atoms with E-state index in [0.717, 1.165) is 16.4 Å². The molecule has 0 saturated carbocycles. The van der Waals surface area contributed by atoms with E-state index in [1.165, 1.54) is 12.1 Å². The lowest BCUT2D eigenvalue weighted by Crippen LogP contribution is -2.19. The van der Waals surface area contributed by atoms with Crippen molar-refractivity contribution in [1.29, 1.82) is 0 Å². The van der Waals surface area contributed by atoms with E-state index in [9.17, 15) is 10.1 Å². The van der Waals surface area contributed by atoms with Gasteiger partial charge in [0.2, 0.25) is 0 Å². The number of nitro groups is 1. The second-order valence-electron chi connectivity index (χ2n) is 6.03. The fourth-order valence-electron chi connectivity index (χ4n) is 2.97. The molecule has 0 amide bonds. The van der Waals surface area contributed by atoms with Crippen LogP contribution in [0.25, 0.3) is 21.9 Å². The first kappa shape index (κ1) is 17.7. The second kappa shape index (κ2) is 7.16. The Balaban J connectivity index is 1.60. The second-order valence-corrected chi connectivity index (χ2v) is 6.44. The summed E-state index contributed by atoms with van der Waals surface area (Å²) in [5, 5.41) is 19.1. The average molecular weight is 393 g/mol. The zero-order valence-electron chi connectivity index (χ0n) is 14.8. The summed E-state index contributed by atoms with van der Waals surface area (Å²) in [6.07, 6.45) is 0. The number of non-ortho nitro benzene ring substituents is 1. The number of nitrogens with zero attached hydrogens (tertiary/aromatic N) is 1. The Hall–Kier alpha value is -3.65. The molecule has 0 aliphatic heterocycles. The molecule has 0 aliphatic rings. The van der Waals surface area contributed by atoms with E-state index < -0.39 is 4.92 Å². The highest BCUT2D eigenvalue weighted by Crippen LogP contribution is 2.36. The minimum absolute atomic E-state index is 0.0152. The van der Waals surface area contributed by atoms with Crippen LogP contribution in [0.5, 0.6) is 5.75 Å². The molecule has 0 spiro atoms. The lowest BCUT2D eigenvalue weighted by Gasteiger charge is -2.13. The molecule has 0 atom stereocenters. The van der Waals surface area contributed by atoms with Crippen LogP contribution in [0.2, 0.25) is 0 Å². The minimum atomic E-state index is -0.451. The normalized spacial score (nSPS) is 10.8. The number of benzene rings is 3. The summed E-state index contributed by atoms with van der Waals surface area (Å²) in [5.41, 5.74) is 2.80. The smallest absolute Gasteiger partial charge is 0.269 e. The van der Waals surface area contributed by atoms with Gasteiger partial charge in [-0.2, -0.15) is 0 Å². The molecule has 4 aromatic rings. The molecule has 4 rings (SSSR count). The van der Waals surface area contributed by atoms with E-state index in [4.69, 9.17) is 21.4 Å². The number of nitro benzene ring substituents is 1. The fourth-order valence-corrected chi connectivity index (χ4v) is 3.20. The molecular formula is C20H15N3O4S. The maximum Gasteiger partial charge on any atom is 0.269 e. The monoisotopic (exact) mass is 393 g/mol. The van der Waals surface area contributed by atoms with E-state index in [-0.39, 0.29) is 5.69 Å². The van der Waals surface area contributed by atoms with E-state index >= 15 is 0 Å². The Morgan fingerprint density at radius 3 is 2.50 bits per heavy atom. The van der Waals surface area contributed by atoms with Gasteiger partial charge in [0.1, 0.15) is 16.9 Å². The Morgan fingerprint density at radius 2 is 1.79 bits per heavy atom. The van der Waals surface area contributed by atoms with Crippen LogP contribution in [-0.2, 0) is 0 Å². The van der Waals surface area contributed by atoms with Crippen LogP contribution in [0.3, 0.4) is 0 Å². The molecule has 0 bridgehead atoms. The van der Waals surface area contributed by atoms with E-state index in [1.54, 1.807) is 19.2 Å². The van der Waals surface area contributed by atoms with Crippen LogP contribution in [0.1, 0.15) is 0 Å². The van der Waals surface area contributed by atoms with Crippen LogP contribution in [0.4, 0.5) is 17.1 Å². The number of ether oxygens (including phenoxy) is 1. The molecule has 1 heterocycles. The van der Waals surface area contributed by atoms with Gasteiger partial charge in [-0.05, 0) is 36.5 Å². The number of hydrogen-bond acceptors (Lipinski definition) is 5. The molecule has 2 N–H and O–H groups in total. The number of rotatable bonds is 4. The number of nitrogens with one attached hydrogen (secondary N) is 2. The molecule has 140 valence electrons. The first-order valence-electron chi connectivity index (χ1n) is 8.37. The van der Waals surface area contributed by atoms with Gasteiger partial charge in [-0.1, -0.05) is 18.2 Å². The predicted octanol–water partition coefficient (Wildman–Crippen LogP) is 5.31. The number of para-hydroxylation sites is 1. The molecule has 3 aromatic carbocycles. The quantitative estimate of drug-likeness (QED) is 0.276.